The predicted molar refractivity (Wildman–Crippen MR) is 56.9 cm³/mol. The maximum Gasteiger partial charge on any atom is 2.00 e. The van der Waals surface area contributed by atoms with Gasteiger partial charge in [-0.3, -0.25) is 4.79 Å². The second-order valence-corrected chi connectivity index (χ2v) is 2.75. The van der Waals surface area contributed by atoms with Crippen molar-refractivity contribution in [1.29, 1.82) is 0 Å². The monoisotopic (exact) mass is 256 g/mol. The van der Waals surface area contributed by atoms with Gasteiger partial charge in [0.25, 0.3) is 5.97 Å². The molecule has 78 valence electrons. The van der Waals surface area contributed by atoms with Gasteiger partial charge in [0.1, 0.15) is 0 Å². The second-order valence-electron chi connectivity index (χ2n) is 2.75. The molecule has 3 heteroatoms. The summed E-state index contributed by atoms with van der Waals surface area (Å²) < 4.78 is 4.98. The van der Waals surface area contributed by atoms with E-state index in [2.05, 4.69) is 13.0 Å². The number of rotatable bonds is 2. The molecule has 1 aromatic rings. The smallest absolute Gasteiger partial charge is 0.469 e. The molecule has 15 heavy (non-hydrogen) atoms. The zero-order valence-electron chi connectivity index (χ0n) is 9.62. The average molecular weight is 258 g/mol. The molecule has 0 aliphatic heterocycles. The molecular weight excluding hydrogens is 242 g/mol. The number of hydrogen-bond acceptors (Lipinski definition) is 2. The molecule has 0 atom stereocenters. The topological polar surface area (TPSA) is 26.3 Å². The van der Waals surface area contributed by atoms with Gasteiger partial charge >= 0.3 is 19.5 Å². The fourth-order valence-corrected chi connectivity index (χ4v) is 0.802. The summed E-state index contributed by atoms with van der Waals surface area (Å²) in [6, 6.07) is 9.64. The van der Waals surface area contributed by atoms with Gasteiger partial charge < -0.3 is 11.7 Å². The van der Waals surface area contributed by atoms with Crippen LogP contribution in [-0.4, -0.2) is 12.1 Å². The Balaban J connectivity index is 0. The third kappa shape index (κ3) is 7.27. The van der Waals surface area contributed by atoms with E-state index in [9.17, 15) is 4.79 Å². The van der Waals surface area contributed by atoms with Crippen molar-refractivity contribution in [3.8, 4) is 0 Å². The summed E-state index contributed by atoms with van der Waals surface area (Å²) >= 11 is 0. The van der Waals surface area contributed by atoms with Crippen LogP contribution in [-0.2, 0) is 24.2 Å². The van der Waals surface area contributed by atoms with Crippen LogP contribution in [0.4, 0.5) is 0 Å². The van der Waals surface area contributed by atoms with E-state index < -0.39 is 0 Å². The maximum absolute atomic E-state index is 11.2. The molecule has 0 unspecified atom stereocenters. The Bertz CT molecular complexity index is 258. The van der Waals surface area contributed by atoms with E-state index in [0.29, 0.717) is 5.56 Å². The Morgan fingerprint density at radius 1 is 1.47 bits per heavy atom. The molecular formula is C12H16O2Zn. The van der Waals surface area contributed by atoms with Crippen LogP contribution in [0.5, 0.6) is 0 Å². The van der Waals surface area contributed by atoms with E-state index in [0.717, 1.165) is 0 Å². The fourth-order valence-electron chi connectivity index (χ4n) is 0.802. The van der Waals surface area contributed by atoms with Crippen LogP contribution in [0.25, 0.3) is 0 Å². The normalized spacial score (nSPS) is 8.33. The van der Waals surface area contributed by atoms with Crippen LogP contribution in [0.1, 0.15) is 31.1 Å². The van der Waals surface area contributed by atoms with Crippen molar-refractivity contribution in [3.05, 3.63) is 42.8 Å². The van der Waals surface area contributed by atoms with Crippen LogP contribution < -0.4 is 0 Å². The SMILES string of the molecule is CC(C)OC(=O)c1c[c-]ccc1.[CH2-]C.[Zn+2]. The molecule has 0 aliphatic carbocycles. The Kier molecular flexibility index (Phi) is 11.0. The average Bonchev–Trinajstić information content (AvgIpc) is 2.21. The van der Waals surface area contributed by atoms with E-state index in [4.69, 9.17) is 4.74 Å². The van der Waals surface area contributed by atoms with Crippen molar-refractivity contribution in [2.75, 3.05) is 0 Å². The summed E-state index contributed by atoms with van der Waals surface area (Å²) in [5, 5.41) is 0. The van der Waals surface area contributed by atoms with Crippen LogP contribution in [0.15, 0.2) is 24.3 Å². The zero-order valence-corrected chi connectivity index (χ0v) is 12.6. The molecule has 0 spiro atoms. The minimum Gasteiger partial charge on any atom is -0.469 e. The summed E-state index contributed by atoms with van der Waals surface area (Å²) in [6.07, 6.45) is -0.0716. The largest absolute Gasteiger partial charge is 2.00 e. The molecule has 0 heterocycles. The molecule has 0 amide bonds. The molecule has 0 radical (unpaired) electrons. The quantitative estimate of drug-likeness (QED) is 0.463. The molecule has 0 fully saturated rings. The predicted octanol–water partition coefficient (Wildman–Crippen LogP) is 2.89. The maximum atomic E-state index is 11.2. The summed E-state index contributed by atoms with van der Waals surface area (Å²) in [5.74, 6) is -0.290. The molecule has 1 rings (SSSR count). The van der Waals surface area contributed by atoms with Gasteiger partial charge in [-0.15, -0.1) is 0 Å². The first-order valence-electron chi connectivity index (χ1n) is 4.58. The number of carbonyl (C=O) groups excluding carboxylic acids is 1. The molecule has 0 aromatic heterocycles. The van der Waals surface area contributed by atoms with Gasteiger partial charge in [-0.25, -0.2) is 0 Å². The number of hydrogen-bond donors (Lipinski definition) is 0. The molecule has 0 bridgehead atoms. The van der Waals surface area contributed by atoms with Crippen molar-refractivity contribution < 1.29 is 29.0 Å². The second kappa shape index (κ2) is 9.85. The number of ether oxygens (including phenoxy) is 1. The standard InChI is InChI=1S/C10H11O2.C2H5.Zn/c1-8(2)12-10(11)9-6-4-3-5-7-9;1-2;/h3-4,6-8H,1-2H3;1H2,2H3;/q2*-1;+2. The third-order valence-corrected chi connectivity index (χ3v) is 1.29. The molecule has 2 nitrogen and oxygen atoms in total. The summed E-state index contributed by atoms with van der Waals surface area (Å²) in [6.45, 7) is 8.65. The minimum absolute atomic E-state index is 0. The molecule has 0 saturated heterocycles. The van der Waals surface area contributed by atoms with Crippen LogP contribution in [0.3, 0.4) is 0 Å². The van der Waals surface area contributed by atoms with Crippen molar-refractivity contribution in [2.24, 2.45) is 0 Å². The number of benzene rings is 1. The summed E-state index contributed by atoms with van der Waals surface area (Å²) in [5.41, 5.74) is 0.547. The molecule has 0 saturated carbocycles. The van der Waals surface area contributed by atoms with Gasteiger partial charge in [0.05, 0.1) is 6.10 Å². The molecule has 0 aliphatic rings. The van der Waals surface area contributed by atoms with E-state index in [1.165, 1.54) is 0 Å². The van der Waals surface area contributed by atoms with E-state index in [1.807, 2.05) is 13.8 Å². The van der Waals surface area contributed by atoms with Gasteiger partial charge in [0, 0.05) is 0 Å². The van der Waals surface area contributed by atoms with Gasteiger partial charge in [-0.1, -0.05) is 5.56 Å². The molecule has 1 aromatic carbocycles. The first-order chi connectivity index (χ1) is 6.70. The van der Waals surface area contributed by atoms with Crippen LogP contribution in [0.2, 0.25) is 0 Å². The Labute approximate surface area is 105 Å². The van der Waals surface area contributed by atoms with Crippen molar-refractivity contribution in [3.63, 3.8) is 0 Å². The van der Waals surface area contributed by atoms with Gasteiger partial charge in [0.15, 0.2) is 0 Å². The third-order valence-electron chi connectivity index (χ3n) is 1.29. The first-order valence-corrected chi connectivity index (χ1v) is 4.58. The Morgan fingerprint density at radius 3 is 2.47 bits per heavy atom. The van der Waals surface area contributed by atoms with Crippen molar-refractivity contribution in [2.45, 2.75) is 26.9 Å². The Morgan fingerprint density at radius 2 is 2.07 bits per heavy atom. The van der Waals surface area contributed by atoms with E-state index in [1.54, 1.807) is 31.2 Å². The number of carbonyl (C=O) groups is 1. The van der Waals surface area contributed by atoms with Crippen molar-refractivity contribution >= 4 is 5.97 Å². The van der Waals surface area contributed by atoms with Crippen molar-refractivity contribution in [1.82, 2.24) is 0 Å². The minimum atomic E-state index is -0.290. The van der Waals surface area contributed by atoms with E-state index >= 15 is 0 Å². The van der Waals surface area contributed by atoms with Crippen LogP contribution >= 0.6 is 0 Å². The molecule has 0 N–H and O–H groups in total. The van der Waals surface area contributed by atoms with Gasteiger partial charge in [-0.2, -0.15) is 37.3 Å². The first kappa shape index (κ1) is 16.7. The zero-order chi connectivity index (χ0) is 11.0. The summed E-state index contributed by atoms with van der Waals surface area (Å²) in [7, 11) is 0. The van der Waals surface area contributed by atoms with Gasteiger partial charge in [-0.05, 0) is 13.8 Å². The fraction of sp³-hybridized carbons (Fsp3) is 0.333. The Hall–Kier alpha value is -0.687. The number of esters is 1. The van der Waals surface area contributed by atoms with E-state index in [-0.39, 0.29) is 31.6 Å². The summed E-state index contributed by atoms with van der Waals surface area (Å²) in [4.78, 5) is 11.2. The van der Waals surface area contributed by atoms with Crippen LogP contribution in [0, 0.1) is 13.0 Å². The van der Waals surface area contributed by atoms with Gasteiger partial charge in [0.2, 0.25) is 0 Å².